The Morgan fingerprint density at radius 3 is 2.47 bits per heavy atom. The maximum atomic E-state index is 11.8. The van der Waals surface area contributed by atoms with Crippen LogP contribution in [-0.2, 0) is 14.6 Å². The number of halogens is 1. The zero-order valence-electron chi connectivity index (χ0n) is 10.5. The SMILES string of the molecule is CC(C)S(=O)(=O)CC(=O)N(C)C1CCNC1.Cl. The smallest absolute Gasteiger partial charge is 0.237 e. The van der Waals surface area contributed by atoms with E-state index >= 15 is 0 Å². The Balaban J connectivity index is 0.00000256. The monoisotopic (exact) mass is 284 g/mol. The van der Waals surface area contributed by atoms with Gasteiger partial charge in [0.05, 0.1) is 5.25 Å². The van der Waals surface area contributed by atoms with E-state index in [2.05, 4.69) is 5.32 Å². The fraction of sp³-hybridized carbons (Fsp3) is 0.900. The zero-order chi connectivity index (χ0) is 12.3. The summed E-state index contributed by atoms with van der Waals surface area (Å²) in [6.07, 6.45) is 0.893. The number of hydrogen-bond donors (Lipinski definition) is 1. The summed E-state index contributed by atoms with van der Waals surface area (Å²) in [6.45, 7) is 4.84. The first-order valence-corrected chi connectivity index (χ1v) is 7.24. The van der Waals surface area contributed by atoms with Crippen molar-refractivity contribution in [3.8, 4) is 0 Å². The van der Waals surface area contributed by atoms with Crippen molar-refractivity contribution in [3.63, 3.8) is 0 Å². The number of rotatable bonds is 4. The fourth-order valence-corrected chi connectivity index (χ4v) is 2.50. The molecule has 1 saturated heterocycles. The third-order valence-electron chi connectivity index (χ3n) is 3.02. The van der Waals surface area contributed by atoms with Crippen molar-refractivity contribution in [1.29, 1.82) is 0 Å². The molecule has 1 heterocycles. The van der Waals surface area contributed by atoms with Crippen LogP contribution in [0, 0.1) is 0 Å². The molecule has 1 unspecified atom stereocenters. The van der Waals surface area contributed by atoms with Crippen LogP contribution in [0.3, 0.4) is 0 Å². The molecule has 17 heavy (non-hydrogen) atoms. The maximum absolute atomic E-state index is 11.8. The van der Waals surface area contributed by atoms with Gasteiger partial charge in [-0.1, -0.05) is 0 Å². The van der Waals surface area contributed by atoms with Crippen LogP contribution >= 0.6 is 12.4 Å². The molecule has 1 atom stereocenters. The maximum Gasteiger partial charge on any atom is 0.237 e. The molecule has 1 aliphatic rings. The Labute approximate surface area is 109 Å². The zero-order valence-corrected chi connectivity index (χ0v) is 12.1. The highest BCUT2D eigenvalue weighted by molar-refractivity contribution is 7.92. The summed E-state index contributed by atoms with van der Waals surface area (Å²) in [5, 5.41) is 2.66. The van der Waals surface area contributed by atoms with Crippen molar-refractivity contribution < 1.29 is 13.2 Å². The number of hydrogen-bond acceptors (Lipinski definition) is 4. The van der Waals surface area contributed by atoms with Crippen LogP contribution < -0.4 is 5.32 Å². The molecule has 102 valence electrons. The fourth-order valence-electron chi connectivity index (χ4n) is 1.61. The van der Waals surface area contributed by atoms with E-state index in [1.54, 1.807) is 25.8 Å². The number of sulfone groups is 1. The second-order valence-electron chi connectivity index (χ2n) is 4.51. The topological polar surface area (TPSA) is 66.5 Å². The van der Waals surface area contributed by atoms with Crippen molar-refractivity contribution in [2.45, 2.75) is 31.6 Å². The lowest BCUT2D eigenvalue weighted by molar-refractivity contribution is -0.128. The van der Waals surface area contributed by atoms with Gasteiger partial charge in [-0.15, -0.1) is 12.4 Å². The quantitative estimate of drug-likeness (QED) is 0.792. The van der Waals surface area contributed by atoms with Crippen LogP contribution in [0.5, 0.6) is 0 Å². The number of carbonyl (C=O) groups excluding carboxylic acids is 1. The number of amides is 1. The van der Waals surface area contributed by atoms with Gasteiger partial charge in [-0.2, -0.15) is 0 Å². The number of nitrogens with zero attached hydrogens (tertiary/aromatic N) is 1. The molecule has 1 fully saturated rings. The lowest BCUT2D eigenvalue weighted by Gasteiger charge is -2.24. The Bertz CT molecular complexity index is 351. The molecule has 1 rings (SSSR count). The molecular formula is C10H21ClN2O3S. The van der Waals surface area contributed by atoms with Crippen molar-refractivity contribution >= 4 is 28.2 Å². The summed E-state index contributed by atoms with van der Waals surface area (Å²) in [7, 11) is -1.61. The van der Waals surface area contributed by atoms with Crippen LogP contribution in [0.15, 0.2) is 0 Å². The molecule has 0 aromatic rings. The number of likely N-dealkylation sites (N-methyl/N-ethyl adjacent to an activating group) is 1. The Morgan fingerprint density at radius 2 is 2.06 bits per heavy atom. The number of carbonyl (C=O) groups is 1. The van der Waals surface area contributed by atoms with E-state index in [1.807, 2.05) is 0 Å². The van der Waals surface area contributed by atoms with Gasteiger partial charge in [0.25, 0.3) is 0 Å². The van der Waals surface area contributed by atoms with Gasteiger partial charge in [0.2, 0.25) is 5.91 Å². The van der Waals surface area contributed by atoms with Crippen LogP contribution in [-0.4, -0.2) is 56.4 Å². The predicted octanol–water partition coefficient (Wildman–Crippen LogP) is 0.0517. The lowest BCUT2D eigenvalue weighted by Crippen LogP contribution is -2.42. The molecule has 1 N–H and O–H groups in total. The molecule has 0 aromatic heterocycles. The molecule has 1 amide bonds. The third-order valence-corrected chi connectivity index (χ3v) is 5.10. The van der Waals surface area contributed by atoms with E-state index in [9.17, 15) is 13.2 Å². The highest BCUT2D eigenvalue weighted by Crippen LogP contribution is 2.09. The normalized spacial score (nSPS) is 20.1. The summed E-state index contributed by atoms with van der Waals surface area (Å²) in [5.41, 5.74) is 0. The van der Waals surface area contributed by atoms with Crippen molar-refractivity contribution in [1.82, 2.24) is 10.2 Å². The van der Waals surface area contributed by atoms with Crippen LogP contribution in [0.2, 0.25) is 0 Å². The minimum Gasteiger partial charge on any atom is -0.341 e. The van der Waals surface area contributed by atoms with E-state index in [0.29, 0.717) is 0 Å². The van der Waals surface area contributed by atoms with Crippen LogP contribution in [0.1, 0.15) is 20.3 Å². The average molecular weight is 285 g/mol. The summed E-state index contributed by atoms with van der Waals surface area (Å²) < 4.78 is 23.2. The van der Waals surface area contributed by atoms with Crippen molar-refractivity contribution in [3.05, 3.63) is 0 Å². The minimum atomic E-state index is -3.28. The predicted molar refractivity (Wildman–Crippen MR) is 70.2 cm³/mol. The van der Waals surface area contributed by atoms with Crippen molar-refractivity contribution in [2.75, 3.05) is 25.9 Å². The Morgan fingerprint density at radius 1 is 1.47 bits per heavy atom. The van der Waals surface area contributed by atoms with Crippen molar-refractivity contribution in [2.24, 2.45) is 0 Å². The molecule has 0 spiro atoms. The highest BCUT2D eigenvalue weighted by atomic mass is 35.5. The van der Waals surface area contributed by atoms with E-state index in [0.717, 1.165) is 19.5 Å². The van der Waals surface area contributed by atoms with E-state index in [-0.39, 0.29) is 30.1 Å². The molecule has 7 heteroatoms. The van der Waals surface area contributed by atoms with Gasteiger partial charge in [0, 0.05) is 19.6 Å². The summed E-state index contributed by atoms with van der Waals surface area (Å²) in [4.78, 5) is 13.3. The second kappa shape index (κ2) is 6.56. The van der Waals surface area contributed by atoms with Gasteiger partial charge in [0.1, 0.15) is 5.75 Å². The molecule has 1 aliphatic heterocycles. The Kier molecular flexibility index (Phi) is 6.43. The molecule has 0 saturated carbocycles. The largest absolute Gasteiger partial charge is 0.341 e. The van der Waals surface area contributed by atoms with Gasteiger partial charge in [-0.3, -0.25) is 4.79 Å². The lowest BCUT2D eigenvalue weighted by atomic mass is 10.2. The summed E-state index contributed by atoms with van der Waals surface area (Å²) in [6, 6.07) is 0.134. The second-order valence-corrected chi connectivity index (χ2v) is 7.06. The molecule has 5 nitrogen and oxygen atoms in total. The van der Waals surface area contributed by atoms with E-state index < -0.39 is 15.1 Å². The van der Waals surface area contributed by atoms with Crippen LogP contribution in [0.25, 0.3) is 0 Å². The molecule has 0 aromatic carbocycles. The van der Waals surface area contributed by atoms with Gasteiger partial charge in [0.15, 0.2) is 9.84 Å². The Hall–Kier alpha value is -0.330. The first-order chi connectivity index (χ1) is 7.34. The average Bonchev–Trinajstić information content (AvgIpc) is 2.68. The van der Waals surface area contributed by atoms with Gasteiger partial charge in [-0.05, 0) is 26.8 Å². The van der Waals surface area contributed by atoms with Crippen LogP contribution in [0.4, 0.5) is 0 Å². The van der Waals surface area contributed by atoms with E-state index in [4.69, 9.17) is 0 Å². The minimum absolute atomic E-state index is 0. The van der Waals surface area contributed by atoms with Gasteiger partial charge in [-0.25, -0.2) is 8.42 Å². The molecule has 0 aliphatic carbocycles. The third kappa shape index (κ3) is 4.44. The standard InChI is InChI=1S/C10H20N2O3S.ClH/c1-8(2)16(14,15)7-10(13)12(3)9-4-5-11-6-9;/h8-9,11H,4-7H2,1-3H3;1H. The summed E-state index contributed by atoms with van der Waals surface area (Å²) >= 11 is 0. The van der Waals surface area contributed by atoms with Gasteiger partial charge >= 0.3 is 0 Å². The van der Waals surface area contributed by atoms with Gasteiger partial charge < -0.3 is 10.2 Å². The number of nitrogens with one attached hydrogen (secondary N) is 1. The summed E-state index contributed by atoms with van der Waals surface area (Å²) in [5.74, 6) is -0.681. The first-order valence-electron chi connectivity index (χ1n) is 5.52. The highest BCUT2D eigenvalue weighted by Gasteiger charge is 2.27. The first kappa shape index (κ1) is 16.7. The van der Waals surface area contributed by atoms with E-state index in [1.165, 1.54) is 0 Å². The molecular weight excluding hydrogens is 264 g/mol. The molecule has 0 radical (unpaired) electrons. The molecule has 0 bridgehead atoms.